The Morgan fingerprint density at radius 2 is 2.05 bits per heavy atom. The third-order valence-electron chi connectivity index (χ3n) is 4.35. The summed E-state index contributed by atoms with van der Waals surface area (Å²) < 4.78 is 11.2. The van der Waals surface area contributed by atoms with E-state index < -0.39 is 0 Å². The zero-order valence-corrected chi connectivity index (χ0v) is 13.5. The number of amides is 1. The number of rotatable bonds is 2. The fourth-order valence-corrected chi connectivity index (χ4v) is 3.22. The van der Waals surface area contributed by atoms with Crippen LogP contribution < -0.4 is 4.74 Å². The SMILES string of the molecule is COc1ccc([C@@H]2[C@@H]3COC(C)(C)CC3=NN2C(C)=O)cc1. The molecule has 1 fully saturated rings. The van der Waals surface area contributed by atoms with Crippen LogP contribution in [-0.2, 0) is 9.53 Å². The van der Waals surface area contributed by atoms with Gasteiger partial charge in [-0.1, -0.05) is 12.1 Å². The van der Waals surface area contributed by atoms with Gasteiger partial charge < -0.3 is 9.47 Å². The number of hydrazone groups is 1. The maximum absolute atomic E-state index is 12.0. The molecule has 3 rings (SSSR count). The predicted molar refractivity (Wildman–Crippen MR) is 83.8 cm³/mol. The summed E-state index contributed by atoms with van der Waals surface area (Å²) in [7, 11) is 1.64. The normalized spacial score (nSPS) is 26.4. The molecule has 22 heavy (non-hydrogen) atoms. The molecule has 2 heterocycles. The highest BCUT2D eigenvalue weighted by Gasteiger charge is 2.45. The van der Waals surface area contributed by atoms with Crippen LogP contribution in [0.3, 0.4) is 0 Å². The Labute approximate surface area is 130 Å². The van der Waals surface area contributed by atoms with Gasteiger partial charge in [-0.15, -0.1) is 0 Å². The van der Waals surface area contributed by atoms with Gasteiger partial charge in [-0.2, -0.15) is 5.10 Å². The summed E-state index contributed by atoms with van der Waals surface area (Å²) in [4.78, 5) is 12.0. The van der Waals surface area contributed by atoms with E-state index in [9.17, 15) is 4.79 Å². The summed E-state index contributed by atoms with van der Waals surface area (Å²) >= 11 is 0. The lowest BCUT2D eigenvalue weighted by Gasteiger charge is -2.35. The third-order valence-corrected chi connectivity index (χ3v) is 4.35. The molecule has 5 nitrogen and oxygen atoms in total. The van der Waals surface area contributed by atoms with E-state index in [1.165, 1.54) is 0 Å². The van der Waals surface area contributed by atoms with Gasteiger partial charge in [0, 0.05) is 25.0 Å². The molecule has 0 aliphatic carbocycles. The Morgan fingerprint density at radius 1 is 1.36 bits per heavy atom. The van der Waals surface area contributed by atoms with Gasteiger partial charge in [0.25, 0.3) is 0 Å². The summed E-state index contributed by atoms with van der Waals surface area (Å²) in [6.07, 6.45) is 0.758. The number of carbonyl (C=O) groups is 1. The van der Waals surface area contributed by atoms with Gasteiger partial charge in [-0.3, -0.25) is 4.79 Å². The van der Waals surface area contributed by atoms with Gasteiger partial charge in [0.1, 0.15) is 5.75 Å². The highest BCUT2D eigenvalue weighted by molar-refractivity contribution is 5.93. The van der Waals surface area contributed by atoms with Crippen LogP contribution in [0.4, 0.5) is 0 Å². The van der Waals surface area contributed by atoms with Gasteiger partial charge in [0.05, 0.1) is 25.4 Å². The molecule has 2 aliphatic heterocycles. The molecule has 0 N–H and O–H groups in total. The number of fused-ring (bicyclic) bond motifs is 1. The van der Waals surface area contributed by atoms with Crippen molar-refractivity contribution in [2.45, 2.75) is 38.8 Å². The average Bonchev–Trinajstić information content (AvgIpc) is 2.84. The zero-order chi connectivity index (χ0) is 15.9. The summed E-state index contributed by atoms with van der Waals surface area (Å²) in [5.74, 6) is 0.893. The number of hydrogen-bond acceptors (Lipinski definition) is 4. The Hall–Kier alpha value is -1.88. The second kappa shape index (κ2) is 5.39. The van der Waals surface area contributed by atoms with Crippen molar-refractivity contribution in [3.63, 3.8) is 0 Å². The van der Waals surface area contributed by atoms with Crippen LogP contribution in [0, 0.1) is 5.92 Å². The van der Waals surface area contributed by atoms with E-state index >= 15 is 0 Å². The van der Waals surface area contributed by atoms with E-state index in [0.717, 1.165) is 23.4 Å². The average molecular weight is 302 g/mol. The van der Waals surface area contributed by atoms with Crippen LogP contribution in [-0.4, -0.2) is 35.9 Å². The number of nitrogens with zero attached hydrogens (tertiary/aromatic N) is 2. The van der Waals surface area contributed by atoms with Gasteiger partial charge >= 0.3 is 0 Å². The molecule has 1 aromatic carbocycles. The smallest absolute Gasteiger partial charge is 0.240 e. The number of benzene rings is 1. The second-order valence-electron chi connectivity index (χ2n) is 6.53. The van der Waals surface area contributed by atoms with E-state index in [1.54, 1.807) is 19.0 Å². The van der Waals surface area contributed by atoms with Crippen LogP contribution in [0.1, 0.15) is 38.8 Å². The third kappa shape index (κ3) is 2.61. The van der Waals surface area contributed by atoms with Crippen molar-refractivity contribution in [3.8, 4) is 5.75 Å². The molecule has 0 saturated carbocycles. The van der Waals surface area contributed by atoms with Crippen LogP contribution in [0.5, 0.6) is 5.75 Å². The van der Waals surface area contributed by atoms with Crippen LogP contribution >= 0.6 is 0 Å². The van der Waals surface area contributed by atoms with Crippen LogP contribution in [0.2, 0.25) is 0 Å². The Balaban J connectivity index is 1.93. The van der Waals surface area contributed by atoms with Crippen molar-refractivity contribution in [2.24, 2.45) is 11.0 Å². The van der Waals surface area contributed by atoms with Crippen molar-refractivity contribution < 1.29 is 14.3 Å². The van der Waals surface area contributed by atoms with Crippen molar-refractivity contribution in [2.75, 3.05) is 13.7 Å². The standard InChI is InChI=1S/C17H22N2O3/c1-11(20)19-16(12-5-7-13(21-4)8-6-12)14-10-22-17(2,3)9-15(14)18-19/h5-8,14,16H,9-10H2,1-4H3/t14-,16-/m1/s1. The first kappa shape index (κ1) is 15.0. The molecule has 5 heteroatoms. The molecular weight excluding hydrogens is 280 g/mol. The minimum Gasteiger partial charge on any atom is -0.497 e. The summed E-state index contributed by atoms with van der Waals surface area (Å²) in [6.45, 7) is 6.27. The van der Waals surface area contributed by atoms with Gasteiger partial charge in [-0.25, -0.2) is 5.01 Å². The summed E-state index contributed by atoms with van der Waals surface area (Å²) in [6, 6.07) is 7.74. The second-order valence-corrected chi connectivity index (χ2v) is 6.53. The lowest BCUT2D eigenvalue weighted by molar-refractivity contribution is -0.131. The summed E-state index contributed by atoms with van der Waals surface area (Å²) in [5.41, 5.74) is 1.90. The van der Waals surface area contributed by atoms with E-state index in [-0.39, 0.29) is 23.5 Å². The monoisotopic (exact) mass is 302 g/mol. The molecule has 0 unspecified atom stereocenters. The van der Waals surface area contributed by atoms with E-state index in [4.69, 9.17) is 9.47 Å². The molecular formula is C17H22N2O3. The molecule has 0 aromatic heterocycles. The van der Waals surface area contributed by atoms with Crippen LogP contribution in [0.15, 0.2) is 29.4 Å². The Bertz CT molecular complexity index is 607. The fraction of sp³-hybridized carbons (Fsp3) is 0.529. The predicted octanol–water partition coefficient (Wildman–Crippen LogP) is 2.77. The quantitative estimate of drug-likeness (QED) is 0.844. The summed E-state index contributed by atoms with van der Waals surface area (Å²) in [5, 5.41) is 6.20. The molecule has 0 bridgehead atoms. The van der Waals surface area contributed by atoms with Crippen molar-refractivity contribution in [1.29, 1.82) is 0 Å². The highest BCUT2D eigenvalue weighted by atomic mass is 16.5. The fourth-order valence-electron chi connectivity index (χ4n) is 3.22. The number of carbonyl (C=O) groups excluding carboxylic acids is 1. The van der Waals surface area contributed by atoms with Crippen molar-refractivity contribution in [1.82, 2.24) is 5.01 Å². The maximum atomic E-state index is 12.0. The largest absolute Gasteiger partial charge is 0.497 e. The van der Waals surface area contributed by atoms with Crippen molar-refractivity contribution >= 4 is 11.6 Å². The lowest BCUT2D eigenvalue weighted by Crippen LogP contribution is -2.41. The Morgan fingerprint density at radius 3 is 2.64 bits per heavy atom. The first-order chi connectivity index (χ1) is 10.4. The highest BCUT2D eigenvalue weighted by Crippen LogP contribution is 2.42. The number of ether oxygens (including phenoxy) is 2. The molecule has 2 atom stereocenters. The number of methoxy groups -OCH3 is 1. The zero-order valence-electron chi connectivity index (χ0n) is 13.5. The molecule has 1 aromatic rings. The molecule has 1 saturated heterocycles. The van der Waals surface area contributed by atoms with Gasteiger partial charge in [-0.05, 0) is 31.5 Å². The van der Waals surface area contributed by atoms with Gasteiger partial charge in [0.15, 0.2) is 0 Å². The topological polar surface area (TPSA) is 51.1 Å². The molecule has 0 radical (unpaired) electrons. The first-order valence-electron chi connectivity index (χ1n) is 7.56. The molecule has 1 amide bonds. The van der Waals surface area contributed by atoms with E-state index in [1.807, 2.05) is 24.3 Å². The van der Waals surface area contributed by atoms with Gasteiger partial charge in [0.2, 0.25) is 5.91 Å². The van der Waals surface area contributed by atoms with E-state index in [2.05, 4.69) is 18.9 Å². The Kier molecular flexibility index (Phi) is 3.68. The maximum Gasteiger partial charge on any atom is 0.240 e. The lowest BCUT2D eigenvalue weighted by atomic mass is 9.83. The number of hydrogen-bond donors (Lipinski definition) is 0. The first-order valence-corrected chi connectivity index (χ1v) is 7.56. The molecule has 0 spiro atoms. The minimum absolute atomic E-state index is 0.0412. The minimum atomic E-state index is -0.216. The van der Waals surface area contributed by atoms with Crippen LogP contribution in [0.25, 0.3) is 0 Å². The molecule has 2 aliphatic rings. The molecule has 118 valence electrons. The van der Waals surface area contributed by atoms with E-state index in [0.29, 0.717) is 6.61 Å². The van der Waals surface area contributed by atoms with Crippen molar-refractivity contribution in [3.05, 3.63) is 29.8 Å².